The van der Waals surface area contributed by atoms with Crippen LogP contribution in [0.3, 0.4) is 0 Å². The number of nitrogens with zero attached hydrogens (tertiary/aromatic N) is 2. The highest BCUT2D eigenvalue weighted by Gasteiger charge is 2.12. The van der Waals surface area contributed by atoms with Crippen LogP contribution in [0.2, 0.25) is 0 Å². The second kappa shape index (κ2) is 5.49. The number of amides is 1. The molecule has 0 unspecified atom stereocenters. The minimum absolute atomic E-state index is 0.0692. The lowest BCUT2D eigenvalue weighted by molar-refractivity contribution is -0.116. The molecule has 0 saturated heterocycles. The number of nitrogens with two attached hydrogens (primary N) is 1. The van der Waals surface area contributed by atoms with Crippen LogP contribution >= 0.6 is 0 Å². The van der Waals surface area contributed by atoms with E-state index in [-0.39, 0.29) is 12.5 Å². The van der Waals surface area contributed by atoms with Crippen LogP contribution in [0.4, 0.5) is 11.4 Å². The van der Waals surface area contributed by atoms with Crippen molar-refractivity contribution in [3.05, 3.63) is 47.3 Å². The third kappa shape index (κ3) is 2.81. The van der Waals surface area contributed by atoms with Gasteiger partial charge in [0.05, 0.1) is 5.69 Å². The van der Waals surface area contributed by atoms with Crippen LogP contribution in [-0.4, -0.2) is 10.5 Å². The zero-order valence-electron chi connectivity index (χ0n) is 11.5. The summed E-state index contributed by atoms with van der Waals surface area (Å²) >= 11 is 0. The summed E-state index contributed by atoms with van der Waals surface area (Å²) in [5.41, 5.74) is 9.25. The number of hydrogen-bond donors (Lipinski definition) is 2. The Hall–Kier alpha value is -2.74. The molecule has 1 aromatic carbocycles. The van der Waals surface area contributed by atoms with E-state index in [9.17, 15) is 4.79 Å². The number of aryl methyl sites for hydroxylation is 1. The van der Waals surface area contributed by atoms with Crippen molar-refractivity contribution in [2.75, 3.05) is 11.1 Å². The van der Waals surface area contributed by atoms with Gasteiger partial charge >= 0.3 is 0 Å². The largest absolute Gasteiger partial charge is 0.397 e. The van der Waals surface area contributed by atoms with E-state index < -0.39 is 0 Å². The molecule has 0 radical (unpaired) electrons. The average Bonchev–Trinajstić information content (AvgIpc) is 2.69. The summed E-state index contributed by atoms with van der Waals surface area (Å²) in [5.74, 6) is -0.191. The number of aromatic nitrogens is 1. The van der Waals surface area contributed by atoms with Crippen molar-refractivity contribution >= 4 is 17.3 Å². The molecule has 0 bridgehead atoms. The van der Waals surface area contributed by atoms with Gasteiger partial charge in [-0.3, -0.25) is 4.79 Å². The highest BCUT2D eigenvalue weighted by Crippen LogP contribution is 2.17. The van der Waals surface area contributed by atoms with Crippen molar-refractivity contribution in [3.63, 3.8) is 0 Å². The fourth-order valence-electron chi connectivity index (χ4n) is 1.94. The lowest BCUT2D eigenvalue weighted by atomic mass is 10.2. The van der Waals surface area contributed by atoms with Crippen LogP contribution in [0.15, 0.2) is 30.3 Å². The summed E-state index contributed by atoms with van der Waals surface area (Å²) in [5, 5.41) is 11.8. The summed E-state index contributed by atoms with van der Waals surface area (Å²) in [6.45, 7) is 3.84. The number of hydrogen-bond acceptors (Lipinski definition) is 3. The molecular formula is C15H16N4O. The van der Waals surface area contributed by atoms with E-state index in [0.29, 0.717) is 11.4 Å². The molecule has 2 aromatic rings. The molecule has 1 amide bonds. The van der Waals surface area contributed by atoms with E-state index in [1.165, 1.54) is 0 Å². The third-order valence-electron chi connectivity index (χ3n) is 3.16. The third-order valence-corrected chi connectivity index (χ3v) is 3.16. The number of nitriles is 1. The first kappa shape index (κ1) is 13.7. The van der Waals surface area contributed by atoms with Gasteiger partial charge in [0.1, 0.15) is 18.3 Å². The van der Waals surface area contributed by atoms with Gasteiger partial charge in [0.15, 0.2) is 0 Å². The monoisotopic (exact) mass is 268 g/mol. The molecule has 0 aliphatic carbocycles. The summed E-state index contributed by atoms with van der Waals surface area (Å²) in [4.78, 5) is 12.0. The highest BCUT2D eigenvalue weighted by atomic mass is 16.1. The molecule has 5 nitrogen and oxygen atoms in total. The minimum atomic E-state index is -0.191. The number of rotatable bonds is 3. The maximum Gasteiger partial charge on any atom is 0.244 e. The van der Waals surface area contributed by atoms with Crippen LogP contribution < -0.4 is 11.1 Å². The predicted octanol–water partition coefficient (Wildman–Crippen LogP) is 2.20. The summed E-state index contributed by atoms with van der Waals surface area (Å²) in [6, 6.07) is 11.2. The standard InChI is InChI=1S/C15H16N4O/c1-10-3-5-12(6-4-10)18-15(20)9-19-11(2)14(17)7-13(19)8-16/h3-7H,9,17H2,1-2H3,(H,18,20). The van der Waals surface area contributed by atoms with Crippen LogP contribution in [0.1, 0.15) is 17.0 Å². The van der Waals surface area contributed by atoms with E-state index in [2.05, 4.69) is 5.32 Å². The zero-order chi connectivity index (χ0) is 14.7. The van der Waals surface area contributed by atoms with Gasteiger partial charge in [-0.1, -0.05) is 17.7 Å². The fraction of sp³-hybridized carbons (Fsp3) is 0.200. The van der Waals surface area contributed by atoms with Gasteiger partial charge in [-0.2, -0.15) is 5.26 Å². The Morgan fingerprint density at radius 3 is 2.60 bits per heavy atom. The van der Waals surface area contributed by atoms with Crippen molar-refractivity contribution in [1.29, 1.82) is 5.26 Å². The molecule has 102 valence electrons. The number of anilines is 2. The van der Waals surface area contributed by atoms with Crippen molar-refractivity contribution in [1.82, 2.24) is 4.57 Å². The van der Waals surface area contributed by atoms with Crippen LogP contribution in [0, 0.1) is 25.2 Å². The van der Waals surface area contributed by atoms with Crippen LogP contribution in [0.5, 0.6) is 0 Å². The Morgan fingerprint density at radius 2 is 2.00 bits per heavy atom. The lowest BCUT2D eigenvalue weighted by Gasteiger charge is -2.09. The second-order valence-electron chi connectivity index (χ2n) is 4.68. The normalized spacial score (nSPS) is 10.1. The van der Waals surface area contributed by atoms with Crippen molar-refractivity contribution in [3.8, 4) is 6.07 Å². The SMILES string of the molecule is Cc1ccc(NC(=O)Cn2c(C#N)cc(N)c2C)cc1. The lowest BCUT2D eigenvalue weighted by Crippen LogP contribution is -2.20. The molecule has 0 atom stereocenters. The number of benzene rings is 1. The Kier molecular flexibility index (Phi) is 3.76. The van der Waals surface area contributed by atoms with Gasteiger partial charge in [0.2, 0.25) is 5.91 Å². The van der Waals surface area contributed by atoms with Gasteiger partial charge in [0.25, 0.3) is 0 Å². The maximum absolute atomic E-state index is 12.0. The molecule has 0 saturated carbocycles. The van der Waals surface area contributed by atoms with E-state index in [1.54, 1.807) is 17.6 Å². The smallest absolute Gasteiger partial charge is 0.244 e. The molecule has 1 heterocycles. The minimum Gasteiger partial charge on any atom is -0.397 e. The van der Waals surface area contributed by atoms with Crippen LogP contribution in [0.25, 0.3) is 0 Å². The maximum atomic E-state index is 12.0. The molecule has 3 N–H and O–H groups in total. The van der Waals surface area contributed by atoms with Crippen molar-refractivity contribution in [2.45, 2.75) is 20.4 Å². The van der Waals surface area contributed by atoms with Crippen LogP contribution in [-0.2, 0) is 11.3 Å². The first-order chi connectivity index (χ1) is 9.51. The number of nitrogen functional groups attached to an aromatic ring is 1. The molecule has 0 spiro atoms. The van der Waals surface area contributed by atoms with Gasteiger partial charge < -0.3 is 15.6 Å². The van der Waals surface area contributed by atoms with Gasteiger partial charge in [-0.05, 0) is 32.0 Å². The van der Waals surface area contributed by atoms with Crippen molar-refractivity contribution < 1.29 is 4.79 Å². The Bertz CT molecular complexity index is 677. The van der Waals surface area contributed by atoms with E-state index >= 15 is 0 Å². The molecular weight excluding hydrogens is 252 g/mol. The zero-order valence-corrected chi connectivity index (χ0v) is 11.5. The first-order valence-electron chi connectivity index (χ1n) is 6.23. The summed E-state index contributed by atoms with van der Waals surface area (Å²) < 4.78 is 1.61. The molecule has 0 aliphatic heterocycles. The molecule has 2 rings (SSSR count). The van der Waals surface area contributed by atoms with E-state index in [0.717, 1.165) is 16.9 Å². The number of nitrogens with one attached hydrogen (secondary N) is 1. The van der Waals surface area contributed by atoms with E-state index in [1.807, 2.05) is 37.3 Å². The fourth-order valence-corrected chi connectivity index (χ4v) is 1.94. The molecule has 1 aromatic heterocycles. The Labute approximate surface area is 117 Å². The topological polar surface area (TPSA) is 83.8 Å². The predicted molar refractivity (Wildman–Crippen MR) is 78.1 cm³/mol. The Balaban J connectivity index is 2.13. The quantitative estimate of drug-likeness (QED) is 0.895. The molecule has 0 aliphatic rings. The highest BCUT2D eigenvalue weighted by molar-refractivity contribution is 5.90. The van der Waals surface area contributed by atoms with Crippen molar-refractivity contribution in [2.24, 2.45) is 0 Å². The average molecular weight is 268 g/mol. The molecule has 0 fully saturated rings. The van der Waals surface area contributed by atoms with Gasteiger partial charge in [0, 0.05) is 11.4 Å². The summed E-state index contributed by atoms with van der Waals surface area (Å²) in [6.07, 6.45) is 0. The molecule has 20 heavy (non-hydrogen) atoms. The molecule has 5 heteroatoms. The van der Waals surface area contributed by atoms with E-state index in [4.69, 9.17) is 11.0 Å². The second-order valence-corrected chi connectivity index (χ2v) is 4.68. The van der Waals surface area contributed by atoms with Gasteiger partial charge in [-0.25, -0.2) is 0 Å². The number of carbonyl (C=O) groups excluding carboxylic acids is 1. The van der Waals surface area contributed by atoms with Gasteiger partial charge in [-0.15, -0.1) is 0 Å². The first-order valence-corrected chi connectivity index (χ1v) is 6.23. The summed E-state index contributed by atoms with van der Waals surface area (Å²) in [7, 11) is 0. The Morgan fingerprint density at radius 1 is 1.35 bits per heavy atom. The number of carbonyl (C=O) groups is 1.